The van der Waals surface area contributed by atoms with Gasteiger partial charge in [0.15, 0.2) is 0 Å². The molecule has 126 valence electrons. The van der Waals surface area contributed by atoms with Gasteiger partial charge in [-0.15, -0.1) is 0 Å². The summed E-state index contributed by atoms with van der Waals surface area (Å²) in [5, 5.41) is 19.9. The molecular formula is C19H20FNO3. The normalized spacial score (nSPS) is 18.4. The monoisotopic (exact) mass is 329 g/mol. The number of benzene rings is 2. The molecule has 2 atom stereocenters. The largest absolute Gasteiger partial charge is 0.394 e. The molecule has 1 heterocycles. The molecule has 1 aliphatic rings. The van der Waals surface area contributed by atoms with Crippen molar-refractivity contribution in [3.05, 3.63) is 65.5 Å². The second-order valence-corrected chi connectivity index (χ2v) is 6.57. The zero-order valence-corrected chi connectivity index (χ0v) is 13.6. The van der Waals surface area contributed by atoms with Gasteiger partial charge in [0, 0.05) is 0 Å². The van der Waals surface area contributed by atoms with Crippen molar-refractivity contribution >= 4 is 11.6 Å². The van der Waals surface area contributed by atoms with Gasteiger partial charge in [0.1, 0.15) is 11.9 Å². The van der Waals surface area contributed by atoms with Gasteiger partial charge in [-0.05, 0) is 37.1 Å². The third kappa shape index (κ3) is 2.50. The van der Waals surface area contributed by atoms with Crippen LogP contribution in [0.5, 0.6) is 0 Å². The van der Waals surface area contributed by atoms with E-state index in [0.29, 0.717) is 16.8 Å². The van der Waals surface area contributed by atoms with E-state index in [1.54, 1.807) is 44.2 Å². The first-order chi connectivity index (χ1) is 11.4. The standard InChI is InChI=1S/C19H20FNO3/c1-19(2)14-9-8-13(20)10-15(14)21(18(19)24)17(16(23)11-22)12-6-4-3-5-7-12/h3-10,16-17,22-23H,11H2,1-2H3/t16-,17?/m1/s1. The summed E-state index contributed by atoms with van der Waals surface area (Å²) in [6, 6.07) is 12.4. The Morgan fingerprint density at radius 2 is 1.83 bits per heavy atom. The third-order valence-corrected chi connectivity index (χ3v) is 4.62. The van der Waals surface area contributed by atoms with E-state index in [4.69, 9.17) is 0 Å². The van der Waals surface area contributed by atoms with Crippen LogP contribution in [0.3, 0.4) is 0 Å². The van der Waals surface area contributed by atoms with Crippen molar-refractivity contribution in [2.45, 2.75) is 31.4 Å². The van der Waals surface area contributed by atoms with Crippen LogP contribution in [0.25, 0.3) is 0 Å². The maximum absolute atomic E-state index is 13.8. The number of carbonyl (C=O) groups is 1. The molecule has 4 nitrogen and oxygen atoms in total. The van der Waals surface area contributed by atoms with Crippen LogP contribution in [0.4, 0.5) is 10.1 Å². The molecule has 0 aliphatic carbocycles. The molecule has 2 aromatic rings. The number of aliphatic hydroxyl groups excluding tert-OH is 2. The maximum atomic E-state index is 13.8. The number of nitrogens with zero attached hydrogens (tertiary/aromatic N) is 1. The quantitative estimate of drug-likeness (QED) is 0.906. The summed E-state index contributed by atoms with van der Waals surface area (Å²) in [5.41, 5.74) is 0.997. The lowest BCUT2D eigenvalue weighted by Crippen LogP contribution is -2.44. The first-order valence-corrected chi connectivity index (χ1v) is 7.85. The van der Waals surface area contributed by atoms with E-state index in [1.165, 1.54) is 17.0 Å². The van der Waals surface area contributed by atoms with Crippen molar-refractivity contribution in [3.63, 3.8) is 0 Å². The van der Waals surface area contributed by atoms with Crippen LogP contribution in [-0.2, 0) is 10.2 Å². The highest BCUT2D eigenvalue weighted by Gasteiger charge is 2.48. The van der Waals surface area contributed by atoms with Crippen molar-refractivity contribution in [1.82, 2.24) is 0 Å². The zero-order valence-electron chi connectivity index (χ0n) is 13.6. The third-order valence-electron chi connectivity index (χ3n) is 4.62. The minimum atomic E-state index is -1.18. The fourth-order valence-corrected chi connectivity index (χ4v) is 3.33. The van der Waals surface area contributed by atoms with Crippen LogP contribution >= 0.6 is 0 Å². The fourth-order valence-electron chi connectivity index (χ4n) is 3.33. The van der Waals surface area contributed by atoms with Gasteiger partial charge in [-0.3, -0.25) is 4.79 Å². The number of amides is 1. The molecule has 24 heavy (non-hydrogen) atoms. The molecule has 1 unspecified atom stereocenters. The minimum absolute atomic E-state index is 0.232. The Kier molecular flexibility index (Phi) is 4.15. The average molecular weight is 329 g/mol. The highest BCUT2D eigenvalue weighted by atomic mass is 19.1. The minimum Gasteiger partial charge on any atom is -0.394 e. The molecule has 0 aromatic heterocycles. The van der Waals surface area contributed by atoms with Crippen molar-refractivity contribution in [1.29, 1.82) is 0 Å². The SMILES string of the molecule is CC1(C)C(=O)N(C(c2ccccc2)[C@H](O)CO)c2cc(F)ccc21. The van der Waals surface area contributed by atoms with E-state index >= 15 is 0 Å². The van der Waals surface area contributed by atoms with Crippen LogP contribution in [0.2, 0.25) is 0 Å². The van der Waals surface area contributed by atoms with E-state index in [0.717, 1.165) is 0 Å². The van der Waals surface area contributed by atoms with Gasteiger partial charge in [0.2, 0.25) is 5.91 Å². The molecular weight excluding hydrogens is 309 g/mol. The Hall–Kier alpha value is -2.24. The van der Waals surface area contributed by atoms with E-state index in [-0.39, 0.29) is 5.91 Å². The number of fused-ring (bicyclic) bond motifs is 1. The molecule has 3 rings (SSSR count). The molecule has 1 aliphatic heterocycles. The van der Waals surface area contributed by atoms with Gasteiger partial charge >= 0.3 is 0 Å². The Balaban J connectivity index is 2.19. The van der Waals surface area contributed by atoms with Crippen LogP contribution in [0, 0.1) is 5.82 Å². The van der Waals surface area contributed by atoms with Crippen LogP contribution in [-0.4, -0.2) is 28.8 Å². The maximum Gasteiger partial charge on any atom is 0.237 e. The lowest BCUT2D eigenvalue weighted by molar-refractivity contribution is -0.123. The number of hydrogen-bond donors (Lipinski definition) is 2. The van der Waals surface area contributed by atoms with Crippen molar-refractivity contribution in [2.24, 2.45) is 0 Å². The second-order valence-electron chi connectivity index (χ2n) is 6.57. The number of anilines is 1. The van der Waals surface area contributed by atoms with Crippen LogP contribution < -0.4 is 4.90 Å². The van der Waals surface area contributed by atoms with E-state index in [2.05, 4.69) is 0 Å². The molecule has 0 fully saturated rings. The van der Waals surface area contributed by atoms with Gasteiger partial charge in [0.05, 0.1) is 23.8 Å². The summed E-state index contributed by atoms with van der Waals surface area (Å²) in [4.78, 5) is 14.5. The molecule has 0 bridgehead atoms. The second kappa shape index (κ2) is 6.00. The predicted molar refractivity (Wildman–Crippen MR) is 89.2 cm³/mol. The highest BCUT2D eigenvalue weighted by Crippen LogP contribution is 2.46. The first kappa shape index (κ1) is 16.6. The molecule has 2 aromatic carbocycles. The molecule has 0 spiro atoms. The molecule has 2 N–H and O–H groups in total. The van der Waals surface area contributed by atoms with Crippen molar-refractivity contribution in [3.8, 4) is 0 Å². The molecule has 0 saturated carbocycles. The molecule has 1 amide bonds. The molecule has 0 radical (unpaired) electrons. The van der Waals surface area contributed by atoms with E-state index in [9.17, 15) is 19.4 Å². The number of rotatable bonds is 4. The Morgan fingerprint density at radius 3 is 2.46 bits per heavy atom. The summed E-state index contributed by atoms with van der Waals surface area (Å²) >= 11 is 0. The lowest BCUT2D eigenvalue weighted by atomic mass is 9.86. The molecule has 0 saturated heterocycles. The summed E-state index contributed by atoms with van der Waals surface area (Å²) in [7, 11) is 0. The van der Waals surface area contributed by atoms with Crippen LogP contribution in [0.15, 0.2) is 48.5 Å². The Bertz CT molecular complexity index is 760. The summed E-state index contributed by atoms with van der Waals surface area (Å²) in [5.74, 6) is -0.681. The van der Waals surface area contributed by atoms with Crippen molar-refractivity contribution < 1.29 is 19.4 Å². The number of carbonyl (C=O) groups excluding carboxylic acids is 1. The molecule has 5 heteroatoms. The zero-order chi connectivity index (χ0) is 17.5. The topological polar surface area (TPSA) is 60.8 Å². The Labute approximate surface area is 140 Å². The fraction of sp³-hybridized carbons (Fsp3) is 0.316. The number of hydrogen-bond acceptors (Lipinski definition) is 3. The smallest absolute Gasteiger partial charge is 0.237 e. The average Bonchev–Trinajstić information content (AvgIpc) is 2.76. The Morgan fingerprint density at radius 1 is 1.17 bits per heavy atom. The van der Waals surface area contributed by atoms with Gasteiger partial charge < -0.3 is 15.1 Å². The van der Waals surface area contributed by atoms with Crippen LogP contribution in [0.1, 0.15) is 31.0 Å². The lowest BCUT2D eigenvalue weighted by Gasteiger charge is -2.33. The predicted octanol–water partition coefficient (Wildman–Crippen LogP) is 2.54. The first-order valence-electron chi connectivity index (χ1n) is 7.85. The van der Waals surface area contributed by atoms with Gasteiger partial charge in [0.25, 0.3) is 0 Å². The van der Waals surface area contributed by atoms with Crippen molar-refractivity contribution in [2.75, 3.05) is 11.5 Å². The van der Waals surface area contributed by atoms with E-state index in [1.807, 2.05) is 6.07 Å². The van der Waals surface area contributed by atoms with Gasteiger partial charge in [-0.2, -0.15) is 0 Å². The highest BCUT2D eigenvalue weighted by molar-refractivity contribution is 6.08. The van der Waals surface area contributed by atoms with E-state index < -0.39 is 30.0 Å². The summed E-state index contributed by atoms with van der Waals surface area (Å²) in [6.07, 6.45) is -1.18. The number of aliphatic hydroxyl groups is 2. The summed E-state index contributed by atoms with van der Waals surface area (Å²) < 4.78 is 13.8. The number of halogens is 1. The summed E-state index contributed by atoms with van der Waals surface area (Å²) in [6.45, 7) is 3.05. The van der Waals surface area contributed by atoms with Gasteiger partial charge in [-0.25, -0.2) is 4.39 Å². The van der Waals surface area contributed by atoms with Gasteiger partial charge in [-0.1, -0.05) is 36.4 Å².